The lowest BCUT2D eigenvalue weighted by Crippen LogP contribution is -2.33. The Hall–Kier alpha value is -0.770. The second kappa shape index (κ2) is 7.62. The van der Waals surface area contributed by atoms with Crippen LogP contribution < -0.4 is 5.32 Å². The van der Waals surface area contributed by atoms with E-state index in [1.54, 1.807) is 24.3 Å². The molecule has 1 heterocycles. The topological polar surface area (TPSA) is 32.3 Å². The van der Waals surface area contributed by atoms with E-state index < -0.39 is 0 Å². The van der Waals surface area contributed by atoms with Crippen molar-refractivity contribution >= 4 is 29.9 Å². The van der Waals surface area contributed by atoms with E-state index in [-0.39, 0.29) is 18.3 Å². The Morgan fingerprint density at radius 2 is 2.06 bits per heavy atom. The summed E-state index contributed by atoms with van der Waals surface area (Å²) >= 11 is 5.84. The zero-order chi connectivity index (χ0) is 12.1. The highest BCUT2D eigenvalue weighted by molar-refractivity contribution is 6.30. The van der Waals surface area contributed by atoms with Crippen molar-refractivity contribution in [3.8, 4) is 0 Å². The summed E-state index contributed by atoms with van der Waals surface area (Å²) in [6.07, 6.45) is 2.56. The van der Waals surface area contributed by atoms with E-state index in [0.29, 0.717) is 17.1 Å². The number of hydrogen-bond acceptors (Lipinski definition) is 2. The number of nitrogens with one attached hydrogen (secondary N) is 1. The van der Waals surface area contributed by atoms with Crippen LogP contribution in [0.1, 0.15) is 23.2 Å². The summed E-state index contributed by atoms with van der Waals surface area (Å²) in [6, 6.07) is 7.02. The molecule has 1 aliphatic rings. The third-order valence-corrected chi connectivity index (χ3v) is 3.23. The molecule has 0 atom stereocenters. The summed E-state index contributed by atoms with van der Waals surface area (Å²) in [5, 5.41) is 3.51. The van der Waals surface area contributed by atoms with Gasteiger partial charge in [0.2, 0.25) is 0 Å². The smallest absolute Gasteiger partial charge is 0.251 e. The average Bonchev–Trinajstić information content (AvgIpc) is 2.82. The Balaban J connectivity index is 0.00000162. The van der Waals surface area contributed by atoms with Gasteiger partial charge in [-0.2, -0.15) is 0 Å². The van der Waals surface area contributed by atoms with Crippen LogP contribution in [0.4, 0.5) is 0 Å². The molecule has 18 heavy (non-hydrogen) atoms. The molecule has 3 nitrogen and oxygen atoms in total. The van der Waals surface area contributed by atoms with Gasteiger partial charge in [0.05, 0.1) is 0 Å². The number of halogens is 2. The minimum absolute atomic E-state index is 0. The van der Waals surface area contributed by atoms with Crippen molar-refractivity contribution < 1.29 is 4.79 Å². The fraction of sp³-hybridized carbons (Fsp3) is 0.462. The Kier molecular flexibility index (Phi) is 6.47. The summed E-state index contributed by atoms with van der Waals surface area (Å²) < 4.78 is 0. The highest BCUT2D eigenvalue weighted by atomic mass is 35.5. The van der Waals surface area contributed by atoms with Crippen molar-refractivity contribution in [1.82, 2.24) is 10.2 Å². The first kappa shape index (κ1) is 15.3. The largest absolute Gasteiger partial charge is 0.351 e. The first-order valence-corrected chi connectivity index (χ1v) is 6.39. The first-order valence-electron chi connectivity index (χ1n) is 6.02. The normalized spacial score (nSPS) is 15.2. The molecule has 0 aromatic heterocycles. The van der Waals surface area contributed by atoms with Gasteiger partial charge >= 0.3 is 0 Å². The summed E-state index contributed by atoms with van der Waals surface area (Å²) in [4.78, 5) is 14.2. The zero-order valence-electron chi connectivity index (χ0n) is 10.2. The second-order valence-electron chi connectivity index (χ2n) is 4.31. The average molecular weight is 289 g/mol. The van der Waals surface area contributed by atoms with E-state index in [0.717, 1.165) is 19.6 Å². The van der Waals surface area contributed by atoms with Gasteiger partial charge in [0.15, 0.2) is 0 Å². The highest BCUT2D eigenvalue weighted by Crippen LogP contribution is 2.10. The minimum atomic E-state index is -0.0494. The van der Waals surface area contributed by atoms with E-state index in [1.807, 2.05) is 0 Å². The van der Waals surface area contributed by atoms with E-state index in [9.17, 15) is 4.79 Å². The van der Waals surface area contributed by atoms with Crippen molar-refractivity contribution in [3.05, 3.63) is 34.9 Å². The lowest BCUT2D eigenvalue weighted by molar-refractivity contribution is 0.0950. The number of rotatable bonds is 4. The number of likely N-dealkylation sites (tertiary alicyclic amines) is 1. The molecule has 0 saturated carbocycles. The molecular weight excluding hydrogens is 271 g/mol. The van der Waals surface area contributed by atoms with Crippen LogP contribution in [0.15, 0.2) is 24.3 Å². The minimum Gasteiger partial charge on any atom is -0.351 e. The van der Waals surface area contributed by atoms with E-state index in [2.05, 4.69) is 10.2 Å². The van der Waals surface area contributed by atoms with E-state index >= 15 is 0 Å². The van der Waals surface area contributed by atoms with Crippen molar-refractivity contribution in [2.24, 2.45) is 0 Å². The zero-order valence-corrected chi connectivity index (χ0v) is 11.8. The van der Waals surface area contributed by atoms with Gasteiger partial charge in [-0.25, -0.2) is 0 Å². The summed E-state index contributed by atoms with van der Waals surface area (Å²) in [7, 11) is 0. The van der Waals surface area contributed by atoms with Gasteiger partial charge in [-0.3, -0.25) is 4.79 Å². The monoisotopic (exact) mass is 288 g/mol. The Morgan fingerprint density at radius 3 is 2.72 bits per heavy atom. The van der Waals surface area contributed by atoms with Gasteiger partial charge in [0, 0.05) is 23.7 Å². The molecule has 1 aromatic rings. The summed E-state index contributed by atoms with van der Waals surface area (Å²) in [5.74, 6) is -0.0494. The van der Waals surface area contributed by atoms with Crippen LogP contribution in [-0.2, 0) is 0 Å². The molecular formula is C13H18Cl2N2O. The molecule has 0 bridgehead atoms. The van der Waals surface area contributed by atoms with Crippen LogP contribution in [0.25, 0.3) is 0 Å². The van der Waals surface area contributed by atoms with Gasteiger partial charge in [-0.1, -0.05) is 17.7 Å². The first-order chi connectivity index (χ1) is 8.25. The van der Waals surface area contributed by atoms with Gasteiger partial charge in [0.25, 0.3) is 5.91 Å². The number of amides is 1. The Morgan fingerprint density at radius 1 is 1.33 bits per heavy atom. The molecule has 1 aromatic carbocycles. The lowest BCUT2D eigenvalue weighted by atomic mass is 10.2. The molecule has 1 amide bonds. The third-order valence-electron chi connectivity index (χ3n) is 3.00. The van der Waals surface area contributed by atoms with Crippen LogP contribution in [0.2, 0.25) is 5.02 Å². The number of carbonyl (C=O) groups is 1. The van der Waals surface area contributed by atoms with E-state index in [1.165, 1.54) is 12.8 Å². The molecule has 1 N–H and O–H groups in total. The SMILES string of the molecule is Cl.O=C(NCCN1CCCC1)c1cccc(Cl)c1. The molecule has 0 unspecified atom stereocenters. The number of hydrogen-bond donors (Lipinski definition) is 1. The van der Waals surface area contributed by atoms with E-state index in [4.69, 9.17) is 11.6 Å². The second-order valence-corrected chi connectivity index (χ2v) is 4.75. The van der Waals surface area contributed by atoms with Crippen molar-refractivity contribution in [2.75, 3.05) is 26.2 Å². The number of carbonyl (C=O) groups excluding carboxylic acids is 1. The third kappa shape index (κ3) is 4.48. The molecule has 1 aliphatic heterocycles. The fourth-order valence-electron chi connectivity index (χ4n) is 2.07. The molecule has 2 rings (SSSR count). The number of benzene rings is 1. The predicted molar refractivity (Wildman–Crippen MR) is 76.7 cm³/mol. The molecule has 0 radical (unpaired) electrons. The lowest BCUT2D eigenvalue weighted by Gasteiger charge is -2.14. The molecule has 0 spiro atoms. The Bertz CT molecular complexity index is 392. The van der Waals surface area contributed by atoms with Gasteiger partial charge in [0.1, 0.15) is 0 Å². The van der Waals surface area contributed by atoms with Gasteiger partial charge in [-0.05, 0) is 44.1 Å². The quantitative estimate of drug-likeness (QED) is 0.924. The molecule has 5 heteroatoms. The van der Waals surface area contributed by atoms with Crippen LogP contribution in [0, 0.1) is 0 Å². The maximum Gasteiger partial charge on any atom is 0.251 e. The predicted octanol–water partition coefficient (Wildman–Crippen LogP) is 2.59. The standard InChI is InChI=1S/C13H17ClN2O.ClH/c14-12-5-3-4-11(10-12)13(17)15-6-9-16-7-1-2-8-16;/h3-5,10H,1-2,6-9H2,(H,15,17);1H. The van der Waals surface area contributed by atoms with Gasteiger partial charge < -0.3 is 10.2 Å². The van der Waals surface area contributed by atoms with Gasteiger partial charge in [-0.15, -0.1) is 12.4 Å². The van der Waals surface area contributed by atoms with Crippen LogP contribution in [-0.4, -0.2) is 37.0 Å². The highest BCUT2D eigenvalue weighted by Gasteiger charge is 2.11. The number of nitrogens with zero attached hydrogens (tertiary/aromatic N) is 1. The molecule has 1 saturated heterocycles. The molecule has 1 fully saturated rings. The molecule has 100 valence electrons. The van der Waals surface area contributed by atoms with Crippen molar-refractivity contribution in [1.29, 1.82) is 0 Å². The maximum absolute atomic E-state index is 11.8. The fourth-order valence-corrected chi connectivity index (χ4v) is 2.26. The van der Waals surface area contributed by atoms with Crippen LogP contribution in [0.3, 0.4) is 0 Å². The van der Waals surface area contributed by atoms with Crippen molar-refractivity contribution in [2.45, 2.75) is 12.8 Å². The Labute approximate surface area is 119 Å². The van der Waals surface area contributed by atoms with Crippen molar-refractivity contribution in [3.63, 3.8) is 0 Å². The maximum atomic E-state index is 11.8. The van der Waals surface area contributed by atoms with Crippen LogP contribution >= 0.6 is 24.0 Å². The summed E-state index contributed by atoms with van der Waals surface area (Å²) in [5.41, 5.74) is 0.624. The van der Waals surface area contributed by atoms with Crippen LogP contribution in [0.5, 0.6) is 0 Å². The molecule has 0 aliphatic carbocycles. The summed E-state index contributed by atoms with van der Waals surface area (Å²) in [6.45, 7) is 3.96.